The minimum absolute atomic E-state index is 0.0557. The van der Waals surface area contributed by atoms with Crippen LogP contribution in [0.25, 0.3) is 49.8 Å². The molecule has 1 unspecified atom stereocenters. The molecular formula is C51H48N2. The summed E-state index contributed by atoms with van der Waals surface area (Å²) in [4.78, 5) is 0. The molecule has 1 atom stereocenters. The molecule has 0 aliphatic rings. The summed E-state index contributed by atoms with van der Waals surface area (Å²) in [5, 5.41) is 6.37. The van der Waals surface area contributed by atoms with E-state index in [1.807, 2.05) is 6.08 Å². The highest BCUT2D eigenvalue weighted by molar-refractivity contribution is 6.10. The number of nitrogens with zero attached hydrogens (tertiary/aromatic N) is 1. The quantitative estimate of drug-likeness (QED) is 0.134. The Labute approximate surface area is 315 Å². The van der Waals surface area contributed by atoms with Crippen LogP contribution in [0.15, 0.2) is 189 Å². The Kier molecular flexibility index (Phi) is 10.4. The van der Waals surface area contributed by atoms with Crippen molar-refractivity contribution in [2.45, 2.75) is 45.6 Å². The molecule has 0 saturated heterocycles. The summed E-state index contributed by atoms with van der Waals surface area (Å²) in [5.74, 6) is 0. The van der Waals surface area contributed by atoms with Gasteiger partial charge in [0.1, 0.15) is 0 Å². The van der Waals surface area contributed by atoms with Gasteiger partial charge in [-0.3, -0.25) is 0 Å². The topological polar surface area (TPSA) is 17.0 Å². The van der Waals surface area contributed by atoms with Crippen molar-refractivity contribution in [3.8, 4) is 16.8 Å². The third-order valence-electron chi connectivity index (χ3n) is 10.0. The number of nitrogens with one attached hydrogen (secondary N) is 1. The molecular weight excluding hydrogens is 641 g/mol. The molecule has 7 rings (SSSR count). The number of anilines is 1. The van der Waals surface area contributed by atoms with Crippen molar-refractivity contribution in [1.29, 1.82) is 0 Å². The van der Waals surface area contributed by atoms with Crippen molar-refractivity contribution >= 4 is 38.6 Å². The van der Waals surface area contributed by atoms with Crippen LogP contribution in [-0.4, -0.2) is 10.6 Å². The molecule has 2 heteroatoms. The molecule has 1 heterocycles. The van der Waals surface area contributed by atoms with Gasteiger partial charge in [-0.25, -0.2) is 0 Å². The van der Waals surface area contributed by atoms with Gasteiger partial charge < -0.3 is 9.88 Å². The van der Waals surface area contributed by atoms with Crippen molar-refractivity contribution in [3.63, 3.8) is 0 Å². The summed E-state index contributed by atoms with van der Waals surface area (Å²) in [5.41, 5.74) is 13.4. The summed E-state index contributed by atoms with van der Waals surface area (Å²) in [6, 6.07) is 54.6. The molecule has 0 bridgehead atoms. The normalized spacial score (nSPS) is 13.1. The molecule has 0 radical (unpaired) electrons. The number of rotatable bonds is 11. The van der Waals surface area contributed by atoms with E-state index in [1.165, 1.54) is 66.5 Å². The first-order chi connectivity index (χ1) is 25.8. The zero-order valence-electron chi connectivity index (χ0n) is 31.3. The number of hydrogen-bond donors (Lipinski definition) is 1. The third-order valence-corrected chi connectivity index (χ3v) is 10.0. The fourth-order valence-corrected chi connectivity index (χ4v) is 7.21. The van der Waals surface area contributed by atoms with Gasteiger partial charge in [0.25, 0.3) is 0 Å². The second-order valence-electron chi connectivity index (χ2n) is 14.7. The maximum Gasteiger partial charge on any atom is 0.0541 e. The van der Waals surface area contributed by atoms with E-state index in [0.717, 1.165) is 12.1 Å². The van der Waals surface area contributed by atoms with Crippen molar-refractivity contribution < 1.29 is 0 Å². The Morgan fingerprint density at radius 3 is 1.96 bits per heavy atom. The fourth-order valence-electron chi connectivity index (χ4n) is 7.21. The number of allylic oxidation sites excluding steroid dienone is 6. The Balaban J connectivity index is 1.20. The summed E-state index contributed by atoms with van der Waals surface area (Å²) in [6.07, 6.45) is 11.4. The van der Waals surface area contributed by atoms with Crippen molar-refractivity contribution in [3.05, 3.63) is 205 Å². The molecule has 0 saturated carbocycles. The first-order valence-corrected chi connectivity index (χ1v) is 18.6. The van der Waals surface area contributed by atoms with Crippen molar-refractivity contribution in [2.75, 3.05) is 5.32 Å². The van der Waals surface area contributed by atoms with E-state index < -0.39 is 0 Å². The first-order valence-electron chi connectivity index (χ1n) is 18.6. The Hall–Kier alpha value is -6.12. The maximum absolute atomic E-state index is 3.94. The zero-order chi connectivity index (χ0) is 36.8. The van der Waals surface area contributed by atoms with E-state index >= 15 is 0 Å². The minimum Gasteiger partial charge on any atom is -0.378 e. The fraction of sp³-hybridized carbons (Fsp3) is 0.137. The van der Waals surface area contributed by atoms with Gasteiger partial charge in [0.05, 0.1) is 11.0 Å². The van der Waals surface area contributed by atoms with Crippen LogP contribution in [0.2, 0.25) is 0 Å². The average Bonchev–Trinajstić information content (AvgIpc) is 3.51. The lowest BCUT2D eigenvalue weighted by Crippen LogP contribution is -2.17. The van der Waals surface area contributed by atoms with Gasteiger partial charge in [0.2, 0.25) is 0 Å². The second-order valence-corrected chi connectivity index (χ2v) is 14.7. The molecule has 7 aromatic rings. The summed E-state index contributed by atoms with van der Waals surface area (Å²) in [7, 11) is 0. The van der Waals surface area contributed by atoms with Crippen LogP contribution >= 0.6 is 0 Å². The molecule has 262 valence electrons. The molecule has 0 aliphatic heterocycles. The molecule has 0 aliphatic carbocycles. The number of benzene rings is 6. The lowest BCUT2D eigenvalue weighted by Gasteiger charge is -2.20. The first kappa shape index (κ1) is 35.3. The van der Waals surface area contributed by atoms with E-state index in [4.69, 9.17) is 0 Å². The monoisotopic (exact) mass is 688 g/mol. The van der Waals surface area contributed by atoms with Crippen LogP contribution < -0.4 is 5.32 Å². The molecule has 1 N–H and O–H groups in total. The van der Waals surface area contributed by atoms with Crippen LogP contribution in [0.5, 0.6) is 0 Å². The van der Waals surface area contributed by atoms with Gasteiger partial charge >= 0.3 is 0 Å². The van der Waals surface area contributed by atoms with E-state index in [2.05, 4.69) is 220 Å². The third kappa shape index (κ3) is 7.88. The van der Waals surface area contributed by atoms with Crippen LogP contribution in [0.1, 0.15) is 50.8 Å². The summed E-state index contributed by atoms with van der Waals surface area (Å²) in [6.45, 7) is 13.0. The molecule has 1 aromatic heterocycles. The zero-order valence-corrected chi connectivity index (χ0v) is 31.3. The highest BCUT2D eigenvalue weighted by Gasteiger charge is 2.19. The van der Waals surface area contributed by atoms with Gasteiger partial charge in [-0.15, -0.1) is 0 Å². The Bertz CT molecular complexity index is 2440. The lowest BCUT2D eigenvalue weighted by atomic mass is 9.86. The SMILES string of the molecule is C=C/C=C(\C/C=C\C=C(\c1ccccc1)C(C)Nc1cccc(-c2ccc3c(c2)c2cc(C(C)(C)C)ccc2n3-c2ccccc2)c1)c1ccccc1. The number of para-hydroxylation sites is 1. The summed E-state index contributed by atoms with van der Waals surface area (Å²) < 4.78 is 2.39. The predicted molar refractivity (Wildman–Crippen MR) is 231 cm³/mol. The highest BCUT2D eigenvalue weighted by atomic mass is 15.0. The Morgan fingerprint density at radius 2 is 1.28 bits per heavy atom. The maximum atomic E-state index is 3.94. The van der Waals surface area contributed by atoms with Gasteiger partial charge in [-0.1, -0.05) is 161 Å². The standard InChI is InChI=1S/C51H48N2/c1-6-19-38(39-20-10-7-11-21-39)22-16-17-29-46(40-23-12-8-13-24-40)37(2)52-44-26-18-25-41(34-44)42-30-32-49-47(35-42)48-36-43(51(3,4)5)31-33-50(48)53(49)45-27-14-9-15-28-45/h6-21,23-37,52H,1,22H2,2-5H3/b17-16-,38-19+,46-29+. The van der Waals surface area contributed by atoms with E-state index in [9.17, 15) is 0 Å². The van der Waals surface area contributed by atoms with Crippen molar-refractivity contribution in [2.24, 2.45) is 0 Å². The molecule has 6 aromatic carbocycles. The number of aromatic nitrogens is 1. The summed E-state index contributed by atoms with van der Waals surface area (Å²) >= 11 is 0. The smallest absolute Gasteiger partial charge is 0.0541 e. The molecule has 53 heavy (non-hydrogen) atoms. The van der Waals surface area contributed by atoms with E-state index in [0.29, 0.717) is 0 Å². The van der Waals surface area contributed by atoms with Crippen LogP contribution in [0.3, 0.4) is 0 Å². The molecule has 0 fully saturated rings. The molecule has 0 amide bonds. The van der Waals surface area contributed by atoms with Gasteiger partial charge in [-0.05, 0) is 106 Å². The van der Waals surface area contributed by atoms with Crippen LogP contribution in [-0.2, 0) is 5.41 Å². The van der Waals surface area contributed by atoms with E-state index in [1.54, 1.807) is 0 Å². The van der Waals surface area contributed by atoms with Crippen LogP contribution in [0.4, 0.5) is 5.69 Å². The largest absolute Gasteiger partial charge is 0.378 e. The lowest BCUT2D eigenvalue weighted by molar-refractivity contribution is 0.591. The van der Waals surface area contributed by atoms with Crippen molar-refractivity contribution in [1.82, 2.24) is 4.57 Å². The van der Waals surface area contributed by atoms with Gasteiger partial charge in [0.15, 0.2) is 0 Å². The number of fused-ring (bicyclic) bond motifs is 3. The van der Waals surface area contributed by atoms with Gasteiger partial charge in [-0.2, -0.15) is 0 Å². The van der Waals surface area contributed by atoms with E-state index in [-0.39, 0.29) is 11.5 Å². The van der Waals surface area contributed by atoms with Crippen LogP contribution in [0, 0.1) is 0 Å². The number of hydrogen-bond acceptors (Lipinski definition) is 1. The predicted octanol–water partition coefficient (Wildman–Crippen LogP) is 13.8. The minimum atomic E-state index is 0.0557. The highest BCUT2D eigenvalue weighted by Crippen LogP contribution is 2.38. The molecule has 2 nitrogen and oxygen atoms in total. The molecule has 0 spiro atoms. The second kappa shape index (κ2) is 15.6. The van der Waals surface area contributed by atoms with Gasteiger partial charge in [0, 0.05) is 28.2 Å². The Morgan fingerprint density at radius 1 is 0.660 bits per heavy atom. The average molecular weight is 689 g/mol.